The molecule has 0 amide bonds. The molecule has 0 saturated carbocycles. The van der Waals surface area contributed by atoms with Gasteiger partial charge in [-0.25, -0.2) is 0 Å². The number of nitrogens with zero attached hydrogens (tertiary/aromatic N) is 1. The minimum atomic E-state index is 1.13. The van der Waals surface area contributed by atoms with Gasteiger partial charge in [0.2, 0.25) is 0 Å². The van der Waals surface area contributed by atoms with E-state index in [9.17, 15) is 0 Å². The molecule has 0 fully saturated rings. The second-order valence-electron chi connectivity index (χ2n) is 2.97. The molecule has 2 rings (SSSR count). The monoisotopic (exact) mass is 430 g/mol. The molecule has 0 atom stereocenters. The standard InChI is InChI=1S/C12H10N.Lr/c1-13-10-6-5-9-12(13)11-7-3-2-4-8-11;/h2-7,9-10H,1H2;. The fourth-order valence-corrected chi connectivity index (χ4v) is 2.01. The van der Waals surface area contributed by atoms with Gasteiger partial charge < -0.3 is 0 Å². The summed E-state index contributed by atoms with van der Waals surface area (Å²) < 4.78 is 4.42. The van der Waals surface area contributed by atoms with Gasteiger partial charge in [-0.15, -0.1) is 0 Å². The number of hydrogen-bond donors (Lipinski definition) is 0. The molecule has 1 aromatic carbocycles. The Hall–Kier alpha value is -2.76. The van der Waals surface area contributed by atoms with Gasteiger partial charge in [-0.2, -0.15) is 0 Å². The van der Waals surface area contributed by atoms with Crippen molar-refractivity contribution in [2.24, 2.45) is 0 Å². The molecule has 1 nitrogen and oxygen atoms in total. The van der Waals surface area contributed by atoms with E-state index in [0.29, 0.717) is 0 Å². The average molecular weight is 430 g/mol. The first-order valence-corrected chi connectivity index (χ1v) is 5.37. The molecule has 2 heteroatoms. The van der Waals surface area contributed by atoms with E-state index in [0.717, 1.165) is 5.69 Å². The summed E-state index contributed by atoms with van der Waals surface area (Å²) in [6.07, 6.45) is 1.95. The van der Waals surface area contributed by atoms with Crippen LogP contribution < -0.4 is 10.6 Å². The topological polar surface area (TPSA) is 3.88 Å². The first kappa shape index (κ1) is 7.87. The molecule has 78 valence electrons. The summed E-state index contributed by atoms with van der Waals surface area (Å²) in [4.78, 5) is 0. The molecule has 0 N–H and O–H groups in total. The van der Waals surface area contributed by atoms with Crippen molar-refractivity contribution in [2.75, 3.05) is 0 Å². The van der Waals surface area contributed by atoms with Crippen LogP contribution >= 0.6 is 0 Å². The van der Waals surface area contributed by atoms with E-state index in [1.807, 2.05) is 35.0 Å². The Kier molecular flexibility index (Phi) is 1.65. The van der Waals surface area contributed by atoms with Crippen LogP contribution in [0.1, 0.15) is 0 Å². The number of pyridine rings is 1. The van der Waals surface area contributed by atoms with Crippen LogP contribution in [0, 0.1) is 7.05 Å². The van der Waals surface area contributed by atoms with E-state index in [4.69, 9.17) is 0 Å². The Balaban J connectivity index is 2.61. The van der Waals surface area contributed by atoms with E-state index in [1.165, 1.54) is 11.6 Å². The molecule has 0 saturated heterocycles. The van der Waals surface area contributed by atoms with Crippen molar-refractivity contribution < 1.29 is 4.57 Å². The first-order chi connectivity index (χ1) is 6.79. The van der Waals surface area contributed by atoms with Crippen LogP contribution in [0.4, 0.5) is 0 Å². The van der Waals surface area contributed by atoms with Gasteiger partial charge in [-0.3, -0.25) is 0 Å². The van der Waals surface area contributed by atoms with Crippen LogP contribution in [0.5, 0.6) is 0 Å². The summed E-state index contributed by atoms with van der Waals surface area (Å²) >= 11 is 0. The van der Waals surface area contributed by atoms with Crippen molar-refractivity contribution in [3.63, 3.8) is 0 Å². The number of hydrogen-bond acceptors (Lipinski definition) is 0. The normalized spacial score (nSPS) is 10.1. The summed E-state index contributed by atoms with van der Waals surface area (Å²) in [5.41, 5.74) is 2.34. The summed E-state index contributed by atoms with van der Waals surface area (Å²) in [5.74, 6) is 0. The van der Waals surface area contributed by atoms with Gasteiger partial charge in [0, 0.05) is 0 Å². The van der Waals surface area contributed by atoms with Crippen LogP contribution in [-0.4, -0.2) is 0 Å². The molecule has 1 heterocycles. The number of rotatable bonds is 1. The van der Waals surface area contributed by atoms with Crippen LogP contribution in [0.3, 0.4) is 0 Å². The second kappa shape index (κ2) is 2.94. The summed E-state index contributed by atoms with van der Waals surface area (Å²) in [6, 6.07) is 15.6. The van der Waals surface area contributed by atoms with Gasteiger partial charge in [0.1, 0.15) is 0 Å². The molecule has 0 aliphatic rings. The summed E-state index contributed by atoms with van der Waals surface area (Å²) in [7, 11) is 3.95. The third-order valence-electron chi connectivity index (χ3n) is 2.04. The third kappa shape index (κ3) is 1.16. The van der Waals surface area contributed by atoms with Crippen molar-refractivity contribution in [3.8, 4) is 11.3 Å². The van der Waals surface area contributed by atoms with Gasteiger partial charge in [0.05, 0.1) is 0 Å². The van der Waals surface area contributed by atoms with Gasteiger partial charge >= 0.3 is 77.6 Å². The Morgan fingerprint density at radius 2 is 1.71 bits per heavy atom. The molecular formula is C12H10LrN. The zero-order valence-corrected chi connectivity index (χ0v) is 9.68. The molecule has 1 aromatic heterocycles. The Morgan fingerprint density at radius 3 is 2.43 bits per heavy atom. The van der Waals surface area contributed by atoms with E-state index >= 15 is 0 Å². The summed E-state index contributed by atoms with van der Waals surface area (Å²) in [5, 5.41) is 0. The average Bonchev–Trinajstić information content (AvgIpc) is 2.20. The fourth-order valence-electron chi connectivity index (χ4n) is 1.35. The van der Waals surface area contributed by atoms with E-state index in [2.05, 4.69) is 25.2 Å². The SMILES string of the molecule is [CH2-][n+]1ccccc1-c1cccc[c]1[Lr]. The second-order valence-corrected chi connectivity index (χ2v) is 4.13. The van der Waals surface area contributed by atoms with Crippen molar-refractivity contribution in [3.05, 3.63) is 55.7 Å². The van der Waals surface area contributed by atoms with E-state index in [-0.39, 0.29) is 0 Å². The molecular weight excluding hydrogens is 420 g/mol. The third-order valence-corrected chi connectivity index (χ3v) is 2.98. The molecule has 0 aliphatic carbocycles. The van der Waals surface area contributed by atoms with Crippen molar-refractivity contribution in [1.82, 2.24) is 0 Å². The quantitative estimate of drug-likeness (QED) is 0.477. The van der Waals surface area contributed by atoms with Crippen molar-refractivity contribution in [2.45, 2.75) is 0 Å². The predicted molar refractivity (Wildman–Crippen MR) is 52.5 cm³/mol. The summed E-state index contributed by atoms with van der Waals surface area (Å²) in [6.45, 7) is 0. The Morgan fingerprint density at radius 1 is 1.00 bits per heavy atom. The number of aromatic nitrogens is 1. The molecule has 0 bridgehead atoms. The number of benzene rings is 1. The van der Waals surface area contributed by atoms with E-state index in [1.54, 1.807) is 0 Å². The van der Waals surface area contributed by atoms with Gasteiger partial charge in [-0.05, 0) is 0 Å². The molecule has 14 heavy (non-hydrogen) atoms. The fraction of sp³-hybridized carbons (Fsp3) is 0. The van der Waals surface area contributed by atoms with E-state index < -0.39 is 0 Å². The van der Waals surface area contributed by atoms with Crippen LogP contribution in [-0.2, 0) is 0 Å². The molecule has 2 aromatic rings. The van der Waals surface area contributed by atoms with Crippen molar-refractivity contribution in [1.29, 1.82) is 0 Å². The van der Waals surface area contributed by atoms with Gasteiger partial charge in [0.15, 0.2) is 0 Å². The zero-order valence-electron chi connectivity index (χ0n) is 7.53. The molecule has 0 aliphatic heterocycles. The van der Waals surface area contributed by atoms with Crippen LogP contribution in [0.25, 0.3) is 11.3 Å². The maximum atomic E-state index is 3.95. The minimum absolute atomic E-state index is 1.13. The molecule has 0 unspecified atom stereocenters. The molecule has 0 radical (unpaired) electrons. The van der Waals surface area contributed by atoms with Gasteiger partial charge in [0.25, 0.3) is 0 Å². The Labute approximate surface area is 78.3 Å². The molecule has 0 spiro atoms. The Bertz CT molecular complexity index is 408. The van der Waals surface area contributed by atoms with Crippen LogP contribution in [0.2, 0.25) is 0 Å². The van der Waals surface area contributed by atoms with Crippen molar-refractivity contribution >= 4 is 6.07 Å². The predicted octanol–water partition coefficient (Wildman–Crippen LogP) is 1.46. The van der Waals surface area contributed by atoms with Crippen LogP contribution in [0.15, 0.2) is 48.7 Å². The zero-order chi connectivity index (χ0) is 9.97. The first-order valence-electron chi connectivity index (χ1n) is 4.29. The maximum absolute atomic E-state index is 3.95. The van der Waals surface area contributed by atoms with Gasteiger partial charge in [-0.1, -0.05) is 0 Å².